The lowest BCUT2D eigenvalue weighted by Gasteiger charge is -2.07. The molecule has 1 saturated carbocycles. The zero-order valence-electron chi connectivity index (χ0n) is 6.37. The molecule has 0 spiro atoms. The smallest absolute Gasteiger partial charge is 0.427 e. The van der Waals surface area contributed by atoms with Crippen molar-refractivity contribution < 1.29 is 14.8 Å². The summed E-state index contributed by atoms with van der Waals surface area (Å²) in [6.45, 7) is 2.62. The van der Waals surface area contributed by atoms with Crippen LogP contribution in [-0.2, 0) is 4.74 Å². The van der Waals surface area contributed by atoms with E-state index in [-0.39, 0.29) is 11.2 Å². The topological polar surface area (TPSA) is 49.7 Å². The van der Waals surface area contributed by atoms with Crippen molar-refractivity contribution in [2.45, 2.75) is 19.2 Å². The van der Waals surface area contributed by atoms with E-state index in [9.17, 15) is 0 Å². The second-order valence-electron chi connectivity index (χ2n) is 3.31. The van der Waals surface area contributed by atoms with E-state index < -0.39 is 7.12 Å². The summed E-state index contributed by atoms with van der Waals surface area (Å²) in [6.07, 6.45) is 0.860. The van der Waals surface area contributed by atoms with Gasteiger partial charge in [0.1, 0.15) is 0 Å². The minimum Gasteiger partial charge on any atom is -0.427 e. The average Bonchev–Trinajstić information content (AvgIpc) is 2.43. The normalized spacial score (nSPS) is 37.8. The third-order valence-electron chi connectivity index (χ3n) is 2.26. The molecular formula is C6H13BO3. The fourth-order valence-electron chi connectivity index (χ4n) is 1.40. The van der Waals surface area contributed by atoms with Gasteiger partial charge in [-0.15, -0.1) is 0 Å². The highest BCUT2D eigenvalue weighted by molar-refractivity contribution is 6.44. The minimum absolute atomic E-state index is 0.0168. The van der Waals surface area contributed by atoms with E-state index in [2.05, 4.69) is 0 Å². The van der Waals surface area contributed by atoms with Crippen LogP contribution >= 0.6 is 0 Å². The van der Waals surface area contributed by atoms with Gasteiger partial charge in [0.2, 0.25) is 0 Å². The van der Waals surface area contributed by atoms with Crippen LogP contribution in [0.15, 0.2) is 0 Å². The highest BCUT2D eigenvalue weighted by Crippen LogP contribution is 2.58. The maximum atomic E-state index is 8.75. The van der Waals surface area contributed by atoms with Gasteiger partial charge in [0.25, 0.3) is 0 Å². The quantitative estimate of drug-likeness (QED) is 0.543. The molecule has 0 aromatic heterocycles. The molecule has 0 heterocycles. The zero-order chi connectivity index (χ0) is 7.78. The van der Waals surface area contributed by atoms with Gasteiger partial charge >= 0.3 is 7.12 Å². The summed E-state index contributed by atoms with van der Waals surface area (Å²) in [7, 11) is 0.463. The first kappa shape index (κ1) is 8.05. The van der Waals surface area contributed by atoms with Crippen LogP contribution in [0.25, 0.3) is 0 Å². The van der Waals surface area contributed by atoms with Gasteiger partial charge in [-0.25, -0.2) is 0 Å². The molecule has 58 valence electrons. The predicted molar refractivity (Wildman–Crippen MR) is 38.5 cm³/mol. The molecule has 2 N–H and O–H groups in total. The van der Waals surface area contributed by atoms with E-state index in [0.717, 1.165) is 6.42 Å². The molecule has 0 aromatic carbocycles. The molecule has 4 heteroatoms. The van der Waals surface area contributed by atoms with Crippen molar-refractivity contribution in [3.05, 3.63) is 0 Å². The second-order valence-corrected chi connectivity index (χ2v) is 3.31. The van der Waals surface area contributed by atoms with Crippen molar-refractivity contribution in [3.8, 4) is 0 Å². The van der Waals surface area contributed by atoms with Crippen LogP contribution in [0.3, 0.4) is 0 Å². The van der Waals surface area contributed by atoms with Crippen molar-refractivity contribution in [1.29, 1.82) is 0 Å². The van der Waals surface area contributed by atoms with Crippen molar-refractivity contribution in [3.63, 3.8) is 0 Å². The van der Waals surface area contributed by atoms with Crippen LogP contribution < -0.4 is 0 Å². The third-order valence-corrected chi connectivity index (χ3v) is 2.26. The van der Waals surface area contributed by atoms with E-state index >= 15 is 0 Å². The first-order chi connectivity index (χ1) is 4.60. The van der Waals surface area contributed by atoms with E-state index in [1.165, 1.54) is 0 Å². The molecule has 0 unspecified atom stereocenters. The Hall–Kier alpha value is -0.0551. The van der Waals surface area contributed by atoms with Gasteiger partial charge in [-0.1, -0.05) is 6.92 Å². The fourth-order valence-corrected chi connectivity index (χ4v) is 1.40. The van der Waals surface area contributed by atoms with Gasteiger partial charge < -0.3 is 14.8 Å². The van der Waals surface area contributed by atoms with Crippen LogP contribution in [0.5, 0.6) is 0 Å². The Bertz CT molecular complexity index is 128. The molecule has 1 aliphatic carbocycles. The summed E-state index contributed by atoms with van der Waals surface area (Å²) in [5.41, 5.74) is 0.0168. The molecule has 3 nitrogen and oxygen atoms in total. The standard InChI is InChI=1S/C6H13BO3/c1-6(4-10-2)3-5(6)7(8)9/h5,8-9H,3-4H2,1-2H3/t5-,6+/m1/s1. The first-order valence-corrected chi connectivity index (χ1v) is 3.45. The maximum absolute atomic E-state index is 8.75. The van der Waals surface area contributed by atoms with Gasteiger partial charge in [-0.3, -0.25) is 0 Å². The molecule has 0 aliphatic heterocycles. The summed E-state index contributed by atoms with van der Waals surface area (Å²) in [6, 6.07) is 0. The summed E-state index contributed by atoms with van der Waals surface area (Å²) in [4.78, 5) is 0. The van der Waals surface area contributed by atoms with Crippen LogP contribution in [0, 0.1) is 5.41 Å². The third kappa shape index (κ3) is 1.33. The maximum Gasteiger partial charge on any atom is 0.455 e. The summed E-state index contributed by atoms with van der Waals surface area (Å²) >= 11 is 0. The van der Waals surface area contributed by atoms with Crippen LogP contribution in [0.4, 0.5) is 0 Å². The Morgan fingerprint density at radius 3 is 2.60 bits per heavy atom. The van der Waals surface area contributed by atoms with Crippen molar-refractivity contribution in [2.24, 2.45) is 5.41 Å². The molecule has 2 atom stereocenters. The Morgan fingerprint density at radius 1 is 1.70 bits per heavy atom. The molecule has 0 aromatic rings. The summed E-state index contributed by atoms with van der Waals surface area (Å²) in [5.74, 6) is 0.0208. The fraction of sp³-hybridized carbons (Fsp3) is 1.00. The molecular weight excluding hydrogens is 131 g/mol. The molecule has 10 heavy (non-hydrogen) atoms. The van der Waals surface area contributed by atoms with E-state index in [0.29, 0.717) is 6.61 Å². The average molecular weight is 144 g/mol. The number of hydrogen-bond donors (Lipinski definition) is 2. The second kappa shape index (κ2) is 2.53. The van der Waals surface area contributed by atoms with Crippen LogP contribution in [-0.4, -0.2) is 30.9 Å². The molecule has 0 radical (unpaired) electrons. The van der Waals surface area contributed by atoms with Gasteiger partial charge in [0.15, 0.2) is 0 Å². The Labute approximate surface area is 61.2 Å². The first-order valence-electron chi connectivity index (χ1n) is 3.45. The molecule has 1 fully saturated rings. The van der Waals surface area contributed by atoms with Gasteiger partial charge in [-0.2, -0.15) is 0 Å². The largest absolute Gasteiger partial charge is 0.455 e. The number of rotatable bonds is 3. The van der Waals surface area contributed by atoms with Gasteiger partial charge in [0.05, 0.1) is 6.61 Å². The van der Waals surface area contributed by atoms with Gasteiger partial charge in [-0.05, 0) is 11.8 Å². The number of hydrogen-bond acceptors (Lipinski definition) is 3. The lowest BCUT2D eigenvalue weighted by molar-refractivity contribution is 0.148. The molecule has 1 aliphatic rings. The van der Waals surface area contributed by atoms with E-state index in [1.54, 1.807) is 7.11 Å². The van der Waals surface area contributed by atoms with Crippen LogP contribution in [0.1, 0.15) is 13.3 Å². The lowest BCUT2D eigenvalue weighted by Crippen LogP contribution is -2.17. The van der Waals surface area contributed by atoms with Crippen molar-refractivity contribution >= 4 is 7.12 Å². The SMILES string of the molecule is COC[C@]1(C)C[C@H]1B(O)O. The molecule has 1 rings (SSSR count). The zero-order valence-corrected chi connectivity index (χ0v) is 6.37. The van der Waals surface area contributed by atoms with E-state index in [1.807, 2.05) is 6.92 Å². The monoisotopic (exact) mass is 144 g/mol. The van der Waals surface area contributed by atoms with Crippen molar-refractivity contribution in [2.75, 3.05) is 13.7 Å². The Morgan fingerprint density at radius 2 is 2.30 bits per heavy atom. The Kier molecular flexibility index (Phi) is 2.03. The van der Waals surface area contributed by atoms with Gasteiger partial charge in [0, 0.05) is 12.9 Å². The number of ether oxygens (including phenoxy) is 1. The molecule has 0 amide bonds. The molecule has 0 bridgehead atoms. The number of methoxy groups -OCH3 is 1. The van der Waals surface area contributed by atoms with Crippen LogP contribution in [0.2, 0.25) is 5.82 Å². The lowest BCUT2D eigenvalue weighted by atomic mass is 9.79. The predicted octanol–water partition coefficient (Wildman–Crippen LogP) is -0.114. The highest BCUT2D eigenvalue weighted by Gasteiger charge is 2.55. The Balaban J connectivity index is 2.33. The molecule has 0 saturated heterocycles. The minimum atomic E-state index is -1.17. The summed E-state index contributed by atoms with van der Waals surface area (Å²) in [5, 5.41) is 17.5. The van der Waals surface area contributed by atoms with E-state index in [4.69, 9.17) is 14.8 Å². The van der Waals surface area contributed by atoms with Crippen molar-refractivity contribution in [1.82, 2.24) is 0 Å². The highest BCUT2D eigenvalue weighted by atomic mass is 16.5. The summed E-state index contributed by atoms with van der Waals surface area (Å²) < 4.78 is 4.93.